The van der Waals surface area contributed by atoms with Crippen LogP contribution >= 0.6 is 11.6 Å². The minimum Gasteiger partial charge on any atom is -0.329 e. The number of aromatic nitrogens is 2. The van der Waals surface area contributed by atoms with Crippen molar-refractivity contribution in [3.63, 3.8) is 0 Å². The van der Waals surface area contributed by atoms with Crippen molar-refractivity contribution in [2.45, 2.75) is 23.3 Å². The Kier molecular flexibility index (Phi) is 2.70. The number of halogens is 1. The van der Waals surface area contributed by atoms with Crippen LogP contribution in [-0.4, -0.2) is 24.7 Å². The van der Waals surface area contributed by atoms with Crippen LogP contribution in [-0.2, 0) is 16.4 Å². The third-order valence-electron chi connectivity index (χ3n) is 3.25. The lowest BCUT2D eigenvalue weighted by atomic mass is 10.1. The van der Waals surface area contributed by atoms with Crippen LogP contribution < -0.4 is 5.73 Å². The normalized spacial score (nSPS) is 15.3. The molecule has 0 spiro atoms. The maximum Gasteiger partial charge on any atom is 0.211 e. The molecule has 100 valence electrons. The highest BCUT2D eigenvalue weighted by molar-refractivity contribution is 7.92. The summed E-state index contributed by atoms with van der Waals surface area (Å²) in [5.41, 5.74) is 7.17. The molecule has 2 heterocycles. The van der Waals surface area contributed by atoms with E-state index in [2.05, 4.69) is 5.10 Å². The van der Waals surface area contributed by atoms with E-state index in [0.29, 0.717) is 35.1 Å². The lowest BCUT2D eigenvalue weighted by molar-refractivity contribution is 0.589. The number of hydrogen-bond acceptors (Lipinski definition) is 4. The highest BCUT2D eigenvalue weighted by Gasteiger charge is 2.38. The zero-order chi connectivity index (χ0) is 13.8. The molecule has 0 aliphatic carbocycles. The second-order valence-electron chi connectivity index (χ2n) is 4.42. The molecule has 1 aromatic carbocycles. The van der Waals surface area contributed by atoms with Crippen molar-refractivity contribution in [1.29, 1.82) is 0 Å². The molecule has 19 heavy (non-hydrogen) atoms. The standard InChI is InChI=1S/C12H12ClN3O2S/c1-7-12-11(15-16(7)5-4-14)9-6-8(13)2-3-10(9)19(12,17)18/h2-3,6H,4-5,14H2,1H3. The van der Waals surface area contributed by atoms with Crippen LogP contribution in [0.3, 0.4) is 0 Å². The number of benzene rings is 1. The Bertz CT molecular complexity index is 781. The van der Waals surface area contributed by atoms with Gasteiger partial charge in [0.15, 0.2) is 0 Å². The smallest absolute Gasteiger partial charge is 0.211 e. The van der Waals surface area contributed by atoms with Crippen molar-refractivity contribution in [3.8, 4) is 11.3 Å². The summed E-state index contributed by atoms with van der Waals surface area (Å²) in [5, 5.41) is 4.85. The SMILES string of the molecule is Cc1c2c(nn1CCN)-c1cc(Cl)ccc1S2(=O)=O. The lowest BCUT2D eigenvalue weighted by Crippen LogP contribution is -2.13. The lowest BCUT2D eigenvalue weighted by Gasteiger charge is -2.05. The molecule has 0 saturated heterocycles. The van der Waals surface area contributed by atoms with Gasteiger partial charge in [-0.2, -0.15) is 5.10 Å². The quantitative estimate of drug-likeness (QED) is 0.779. The summed E-state index contributed by atoms with van der Waals surface area (Å²) < 4.78 is 26.6. The van der Waals surface area contributed by atoms with Gasteiger partial charge in [-0.05, 0) is 25.1 Å². The summed E-state index contributed by atoms with van der Waals surface area (Å²) in [5.74, 6) is 0. The van der Waals surface area contributed by atoms with Gasteiger partial charge in [0.1, 0.15) is 10.6 Å². The number of hydrogen-bond donors (Lipinski definition) is 1. The summed E-state index contributed by atoms with van der Waals surface area (Å²) in [6.45, 7) is 2.64. The number of nitrogens with zero attached hydrogens (tertiary/aromatic N) is 2. The van der Waals surface area contributed by atoms with E-state index < -0.39 is 9.84 Å². The Hall–Kier alpha value is -1.37. The van der Waals surface area contributed by atoms with Crippen LogP contribution in [0.15, 0.2) is 28.0 Å². The summed E-state index contributed by atoms with van der Waals surface area (Å²) in [6, 6.07) is 4.74. The van der Waals surface area contributed by atoms with Crippen LogP contribution in [0.4, 0.5) is 0 Å². The molecule has 7 heteroatoms. The molecular formula is C12H12ClN3O2S. The Morgan fingerprint density at radius 3 is 2.84 bits per heavy atom. The molecule has 0 fully saturated rings. The van der Waals surface area contributed by atoms with Gasteiger partial charge in [0, 0.05) is 17.1 Å². The Morgan fingerprint density at radius 1 is 1.42 bits per heavy atom. The first-order valence-electron chi connectivity index (χ1n) is 5.79. The van der Waals surface area contributed by atoms with Crippen molar-refractivity contribution >= 4 is 21.4 Å². The van der Waals surface area contributed by atoms with Gasteiger partial charge >= 0.3 is 0 Å². The molecule has 2 aromatic rings. The molecule has 1 aromatic heterocycles. The molecule has 1 aliphatic rings. The fraction of sp³-hybridized carbons (Fsp3) is 0.250. The molecule has 2 N–H and O–H groups in total. The first-order valence-corrected chi connectivity index (χ1v) is 7.65. The van der Waals surface area contributed by atoms with Crippen LogP contribution in [0.2, 0.25) is 5.02 Å². The molecule has 1 aliphatic heterocycles. The topological polar surface area (TPSA) is 78.0 Å². The first-order chi connectivity index (χ1) is 8.96. The van der Waals surface area contributed by atoms with Crippen molar-refractivity contribution < 1.29 is 8.42 Å². The van der Waals surface area contributed by atoms with Gasteiger partial charge in [-0.25, -0.2) is 8.42 Å². The Balaban J connectivity index is 2.35. The van der Waals surface area contributed by atoms with Crippen LogP contribution in [0.1, 0.15) is 5.69 Å². The van der Waals surface area contributed by atoms with E-state index in [1.807, 2.05) is 0 Å². The highest BCUT2D eigenvalue weighted by atomic mass is 35.5. The first kappa shape index (κ1) is 12.7. The van der Waals surface area contributed by atoms with E-state index in [0.717, 1.165) is 0 Å². The van der Waals surface area contributed by atoms with Crippen LogP contribution in [0.25, 0.3) is 11.3 Å². The predicted octanol–water partition coefficient (Wildman–Crippen LogP) is 1.62. The van der Waals surface area contributed by atoms with E-state index in [9.17, 15) is 8.42 Å². The van der Waals surface area contributed by atoms with Crippen molar-refractivity contribution in [2.24, 2.45) is 5.73 Å². The van der Waals surface area contributed by atoms with E-state index in [1.54, 1.807) is 23.7 Å². The average molecular weight is 298 g/mol. The number of sulfone groups is 1. The number of rotatable bonds is 2. The minimum absolute atomic E-state index is 0.275. The maximum atomic E-state index is 12.5. The Labute approximate surface area is 115 Å². The molecule has 0 bridgehead atoms. The monoisotopic (exact) mass is 297 g/mol. The molecule has 3 rings (SSSR count). The van der Waals surface area contributed by atoms with Gasteiger partial charge in [0.25, 0.3) is 0 Å². The van der Waals surface area contributed by atoms with Gasteiger partial charge in [-0.1, -0.05) is 11.6 Å². The maximum absolute atomic E-state index is 12.5. The van der Waals surface area contributed by atoms with E-state index in [4.69, 9.17) is 17.3 Å². The van der Waals surface area contributed by atoms with Gasteiger partial charge < -0.3 is 5.73 Å². The second kappa shape index (κ2) is 4.06. The van der Waals surface area contributed by atoms with E-state index in [-0.39, 0.29) is 9.79 Å². The zero-order valence-electron chi connectivity index (χ0n) is 10.2. The fourth-order valence-electron chi connectivity index (χ4n) is 2.40. The van der Waals surface area contributed by atoms with E-state index >= 15 is 0 Å². The number of fused-ring (bicyclic) bond motifs is 3. The molecule has 0 atom stereocenters. The summed E-state index contributed by atoms with van der Waals surface area (Å²) >= 11 is 5.94. The fourth-order valence-corrected chi connectivity index (χ4v) is 4.38. The highest BCUT2D eigenvalue weighted by Crippen LogP contribution is 2.44. The third-order valence-corrected chi connectivity index (χ3v) is 5.44. The Morgan fingerprint density at radius 2 is 2.16 bits per heavy atom. The molecule has 0 saturated carbocycles. The summed E-state index contributed by atoms with van der Waals surface area (Å²) in [6.07, 6.45) is 0. The minimum atomic E-state index is -3.49. The van der Waals surface area contributed by atoms with Gasteiger partial charge in [0.2, 0.25) is 9.84 Å². The average Bonchev–Trinajstić information content (AvgIpc) is 2.77. The summed E-state index contributed by atoms with van der Waals surface area (Å²) in [7, 11) is -3.49. The zero-order valence-corrected chi connectivity index (χ0v) is 11.8. The van der Waals surface area contributed by atoms with Crippen LogP contribution in [0.5, 0.6) is 0 Å². The summed E-state index contributed by atoms with van der Waals surface area (Å²) in [4.78, 5) is 0.551. The van der Waals surface area contributed by atoms with Gasteiger partial charge in [-0.15, -0.1) is 0 Å². The second-order valence-corrected chi connectivity index (χ2v) is 6.71. The predicted molar refractivity (Wildman–Crippen MR) is 71.9 cm³/mol. The van der Waals surface area contributed by atoms with Crippen molar-refractivity contribution in [1.82, 2.24) is 9.78 Å². The molecule has 0 radical (unpaired) electrons. The molecule has 5 nitrogen and oxygen atoms in total. The van der Waals surface area contributed by atoms with Crippen molar-refractivity contribution in [3.05, 3.63) is 28.9 Å². The molecule has 0 amide bonds. The van der Waals surface area contributed by atoms with E-state index in [1.165, 1.54) is 6.07 Å². The molecule has 0 unspecified atom stereocenters. The van der Waals surface area contributed by atoms with Crippen LogP contribution in [0, 0.1) is 6.92 Å². The van der Waals surface area contributed by atoms with Gasteiger partial charge in [0.05, 0.1) is 17.1 Å². The largest absolute Gasteiger partial charge is 0.329 e. The number of nitrogens with two attached hydrogens (primary N) is 1. The van der Waals surface area contributed by atoms with Gasteiger partial charge in [-0.3, -0.25) is 4.68 Å². The molecular weight excluding hydrogens is 286 g/mol. The third kappa shape index (κ3) is 1.64. The van der Waals surface area contributed by atoms with Crippen molar-refractivity contribution in [2.75, 3.05) is 6.54 Å².